The van der Waals surface area contributed by atoms with E-state index in [1.807, 2.05) is 6.07 Å². The second kappa shape index (κ2) is 3.53. The quantitative estimate of drug-likeness (QED) is 0.707. The molecule has 1 N–H and O–H groups in total. The molecule has 0 saturated carbocycles. The zero-order chi connectivity index (χ0) is 11.1. The zero-order valence-corrected chi connectivity index (χ0v) is 9.58. The van der Waals surface area contributed by atoms with Crippen molar-refractivity contribution in [3.05, 3.63) is 29.3 Å². The van der Waals surface area contributed by atoms with Gasteiger partial charge in [-0.05, 0) is 23.1 Å². The Morgan fingerprint density at radius 1 is 1.33 bits per heavy atom. The number of rotatable bonds is 0. The second-order valence-corrected chi connectivity index (χ2v) is 5.16. The summed E-state index contributed by atoms with van der Waals surface area (Å²) < 4.78 is 5.50. The monoisotopic (exact) mass is 206 g/mol. The highest BCUT2D eigenvalue weighted by Crippen LogP contribution is 2.35. The van der Waals surface area contributed by atoms with Crippen molar-refractivity contribution in [2.75, 3.05) is 6.61 Å². The Labute approximate surface area is 90.9 Å². The molecule has 2 nitrogen and oxygen atoms in total. The van der Waals surface area contributed by atoms with Crippen LogP contribution in [0.15, 0.2) is 18.2 Å². The molecule has 1 unspecified atom stereocenters. The maximum atomic E-state index is 9.87. The summed E-state index contributed by atoms with van der Waals surface area (Å²) >= 11 is 0. The van der Waals surface area contributed by atoms with Crippen molar-refractivity contribution in [1.82, 2.24) is 0 Å². The van der Waals surface area contributed by atoms with Crippen molar-refractivity contribution in [2.24, 2.45) is 0 Å². The third-order valence-electron chi connectivity index (χ3n) is 2.88. The van der Waals surface area contributed by atoms with E-state index in [4.69, 9.17) is 4.74 Å². The van der Waals surface area contributed by atoms with Crippen LogP contribution in [0.5, 0.6) is 5.75 Å². The third-order valence-corrected chi connectivity index (χ3v) is 2.88. The van der Waals surface area contributed by atoms with Gasteiger partial charge >= 0.3 is 0 Å². The van der Waals surface area contributed by atoms with Gasteiger partial charge in [0.15, 0.2) is 0 Å². The molecular formula is C13H18O2. The first-order chi connectivity index (χ1) is 6.98. The molecule has 1 aromatic rings. The van der Waals surface area contributed by atoms with Crippen LogP contribution in [0.1, 0.15) is 44.4 Å². The Balaban J connectivity index is 2.44. The first kappa shape index (κ1) is 10.5. The van der Waals surface area contributed by atoms with E-state index in [0.29, 0.717) is 13.0 Å². The fourth-order valence-electron chi connectivity index (χ4n) is 1.84. The molecule has 1 heterocycles. The summed E-state index contributed by atoms with van der Waals surface area (Å²) in [7, 11) is 0. The van der Waals surface area contributed by atoms with Crippen molar-refractivity contribution in [2.45, 2.75) is 38.7 Å². The van der Waals surface area contributed by atoms with Crippen LogP contribution in [0, 0.1) is 0 Å². The molecule has 1 aliphatic rings. The molecule has 1 aromatic carbocycles. The molecule has 0 spiro atoms. The number of aliphatic hydroxyl groups is 1. The van der Waals surface area contributed by atoms with Crippen LogP contribution in [0.2, 0.25) is 0 Å². The number of ether oxygens (including phenoxy) is 1. The molecule has 0 amide bonds. The molecule has 1 aliphatic heterocycles. The highest BCUT2D eigenvalue weighted by atomic mass is 16.5. The molecule has 0 bridgehead atoms. The standard InChI is InChI=1S/C13H18O2/c1-13(2,3)9-4-5-12-10(8-9)11(14)6-7-15-12/h4-5,8,11,14H,6-7H2,1-3H3. The molecule has 2 heteroatoms. The number of fused-ring (bicyclic) bond motifs is 1. The van der Waals surface area contributed by atoms with Gasteiger partial charge in [0.05, 0.1) is 12.7 Å². The van der Waals surface area contributed by atoms with Crippen molar-refractivity contribution >= 4 is 0 Å². The van der Waals surface area contributed by atoms with E-state index in [2.05, 4.69) is 32.9 Å². The summed E-state index contributed by atoms with van der Waals surface area (Å²) in [5, 5.41) is 9.87. The van der Waals surface area contributed by atoms with Crippen molar-refractivity contribution in [1.29, 1.82) is 0 Å². The molecule has 0 radical (unpaired) electrons. The van der Waals surface area contributed by atoms with Crippen LogP contribution in [-0.4, -0.2) is 11.7 Å². The van der Waals surface area contributed by atoms with Crippen LogP contribution < -0.4 is 4.74 Å². The lowest BCUT2D eigenvalue weighted by atomic mass is 9.85. The summed E-state index contributed by atoms with van der Waals surface area (Å²) in [6.07, 6.45) is 0.330. The zero-order valence-electron chi connectivity index (χ0n) is 9.58. The first-order valence-electron chi connectivity index (χ1n) is 5.44. The minimum Gasteiger partial charge on any atom is -0.493 e. The minimum atomic E-state index is -0.365. The Morgan fingerprint density at radius 2 is 2.07 bits per heavy atom. The Hall–Kier alpha value is -1.02. The Bertz CT molecular complexity index is 363. The maximum absolute atomic E-state index is 9.87. The third kappa shape index (κ3) is 2.00. The average Bonchev–Trinajstić information content (AvgIpc) is 2.16. The largest absolute Gasteiger partial charge is 0.493 e. The van der Waals surface area contributed by atoms with Crippen LogP contribution >= 0.6 is 0 Å². The highest BCUT2D eigenvalue weighted by Gasteiger charge is 2.22. The smallest absolute Gasteiger partial charge is 0.125 e. The van der Waals surface area contributed by atoms with Gasteiger partial charge in [-0.25, -0.2) is 0 Å². The summed E-state index contributed by atoms with van der Waals surface area (Å²) in [5.41, 5.74) is 2.30. The van der Waals surface area contributed by atoms with Crippen molar-refractivity contribution in [3.63, 3.8) is 0 Å². The topological polar surface area (TPSA) is 29.5 Å². The van der Waals surface area contributed by atoms with Gasteiger partial charge in [-0.3, -0.25) is 0 Å². The van der Waals surface area contributed by atoms with E-state index in [1.54, 1.807) is 0 Å². The summed E-state index contributed by atoms with van der Waals surface area (Å²) in [4.78, 5) is 0. The predicted octanol–water partition coefficient (Wildman–Crippen LogP) is 2.80. The van der Waals surface area contributed by atoms with Crippen LogP contribution in [0.3, 0.4) is 0 Å². The van der Waals surface area contributed by atoms with Gasteiger partial charge in [-0.1, -0.05) is 26.8 Å². The van der Waals surface area contributed by atoms with Gasteiger partial charge in [0.2, 0.25) is 0 Å². The molecule has 15 heavy (non-hydrogen) atoms. The molecule has 1 atom stereocenters. The van der Waals surface area contributed by atoms with E-state index in [0.717, 1.165) is 11.3 Å². The normalized spacial score (nSPS) is 20.7. The van der Waals surface area contributed by atoms with E-state index in [-0.39, 0.29) is 11.5 Å². The summed E-state index contributed by atoms with van der Waals surface area (Å²) in [6, 6.07) is 6.12. The van der Waals surface area contributed by atoms with Gasteiger partial charge < -0.3 is 9.84 Å². The van der Waals surface area contributed by atoms with Crippen molar-refractivity contribution < 1.29 is 9.84 Å². The fraction of sp³-hybridized carbons (Fsp3) is 0.538. The van der Waals surface area contributed by atoms with Crippen LogP contribution in [0.25, 0.3) is 0 Å². The first-order valence-corrected chi connectivity index (χ1v) is 5.44. The van der Waals surface area contributed by atoms with Gasteiger partial charge in [0, 0.05) is 12.0 Å². The second-order valence-electron chi connectivity index (χ2n) is 5.16. The number of benzene rings is 1. The minimum absolute atomic E-state index is 0.117. The molecule has 82 valence electrons. The molecule has 0 aromatic heterocycles. The van der Waals surface area contributed by atoms with Gasteiger partial charge in [-0.15, -0.1) is 0 Å². The van der Waals surface area contributed by atoms with E-state index >= 15 is 0 Å². The highest BCUT2D eigenvalue weighted by molar-refractivity contribution is 5.42. The number of hydrogen-bond donors (Lipinski definition) is 1. The van der Waals surface area contributed by atoms with Gasteiger partial charge in [0.1, 0.15) is 5.75 Å². The SMILES string of the molecule is CC(C)(C)c1ccc2c(c1)C(O)CCO2. The molecule has 2 rings (SSSR count). The summed E-state index contributed by atoms with van der Waals surface area (Å²) in [6.45, 7) is 7.13. The summed E-state index contributed by atoms with van der Waals surface area (Å²) in [5.74, 6) is 0.835. The van der Waals surface area contributed by atoms with E-state index < -0.39 is 0 Å². The molecular weight excluding hydrogens is 188 g/mol. The molecule has 0 fully saturated rings. The van der Waals surface area contributed by atoms with Crippen molar-refractivity contribution in [3.8, 4) is 5.75 Å². The predicted molar refractivity (Wildman–Crippen MR) is 60.2 cm³/mol. The van der Waals surface area contributed by atoms with Gasteiger partial charge in [0.25, 0.3) is 0 Å². The lowest BCUT2D eigenvalue weighted by molar-refractivity contribution is 0.115. The maximum Gasteiger partial charge on any atom is 0.125 e. The lowest BCUT2D eigenvalue weighted by Gasteiger charge is -2.26. The van der Waals surface area contributed by atoms with Crippen LogP contribution in [0.4, 0.5) is 0 Å². The fourth-order valence-corrected chi connectivity index (χ4v) is 1.84. The number of hydrogen-bond acceptors (Lipinski definition) is 2. The Morgan fingerprint density at radius 3 is 2.73 bits per heavy atom. The lowest BCUT2D eigenvalue weighted by Crippen LogP contribution is -2.17. The van der Waals surface area contributed by atoms with E-state index in [1.165, 1.54) is 5.56 Å². The van der Waals surface area contributed by atoms with E-state index in [9.17, 15) is 5.11 Å². The van der Waals surface area contributed by atoms with Gasteiger partial charge in [-0.2, -0.15) is 0 Å². The Kier molecular flexibility index (Phi) is 2.47. The number of aliphatic hydroxyl groups excluding tert-OH is 1. The molecule has 0 aliphatic carbocycles. The average molecular weight is 206 g/mol. The van der Waals surface area contributed by atoms with Crippen LogP contribution in [-0.2, 0) is 5.41 Å². The molecule has 0 saturated heterocycles.